The van der Waals surface area contributed by atoms with Gasteiger partial charge in [0.2, 0.25) is 11.8 Å². The van der Waals surface area contributed by atoms with E-state index >= 15 is 0 Å². The maximum atomic E-state index is 12.2. The molecule has 2 unspecified atom stereocenters. The van der Waals surface area contributed by atoms with Crippen LogP contribution < -0.4 is 11.1 Å². The molecule has 0 aliphatic heterocycles. The highest BCUT2D eigenvalue weighted by Crippen LogP contribution is 2.21. The van der Waals surface area contributed by atoms with Gasteiger partial charge in [0.25, 0.3) is 0 Å². The minimum atomic E-state index is -0.305. The van der Waals surface area contributed by atoms with Crippen molar-refractivity contribution in [3.05, 3.63) is 28.8 Å². The Balaban J connectivity index is 2.73. The van der Waals surface area contributed by atoms with Crippen LogP contribution in [0.4, 0.5) is 5.69 Å². The molecule has 122 valence electrons. The fourth-order valence-electron chi connectivity index (χ4n) is 2.42. The number of benzene rings is 1. The normalized spacial score (nSPS) is 13.4. The summed E-state index contributed by atoms with van der Waals surface area (Å²) in [6.45, 7) is 9.52. The van der Waals surface area contributed by atoms with Crippen molar-refractivity contribution in [2.75, 3.05) is 18.9 Å². The van der Waals surface area contributed by atoms with Gasteiger partial charge >= 0.3 is 0 Å². The Labute approximate surface area is 132 Å². The summed E-state index contributed by atoms with van der Waals surface area (Å²) >= 11 is 0. The van der Waals surface area contributed by atoms with Crippen molar-refractivity contribution in [2.24, 2.45) is 11.7 Å². The topological polar surface area (TPSA) is 75.4 Å². The summed E-state index contributed by atoms with van der Waals surface area (Å²) in [7, 11) is 1.62. The number of hydrogen-bond donors (Lipinski definition) is 2. The number of hydrogen-bond acceptors (Lipinski definition) is 3. The van der Waals surface area contributed by atoms with Crippen LogP contribution in [0.25, 0.3) is 0 Å². The lowest BCUT2D eigenvalue weighted by molar-refractivity contribution is -0.136. The molecule has 2 atom stereocenters. The largest absolute Gasteiger partial charge is 0.336 e. The summed E-state index contributed by atoms with van der Waals surface area (Å²) in [5.74, 6) is -0.633. The lowest BCUT2D eigenvalue weighted by Gasteiger charge is -2.23. The van der Waals surface area contributed by atoms with Crippen LogP contribution in [0.1, 0.15) is 30.5 Å². The number of carbonyl (C=O) groups is 2. The second kappa shape index (κ2) is 7.40. The molecule has 5 heteroatoms. The van der Waals surface area contributed by atoms with Gasteiger partial charge in [0.1, 0.15) is 0 Å². The third-order valence-electron chi connectivity index (χ3n) is 3.88. The number of likely N-dealkylation sites (N-methyl/N-ethyl adjacent to an activating group) is 1. The van der Waals surface area contributed by atoms with E-state index in [1.54, 1.807) is 20.9 Å². The number of rotatable bonds is 5. The highest BCUT2D eigenvalue weighted by atomic mass is 16.2. The number of amides is 2. The predicted octanol–water partition coefficient (Wildman–Crippen LogP) is 1.99. The van der Waals surface area contributed by atoms with Crippen molar-refractivity contribution in [2.45, 2.75) is 40.7 Å². The highest BCUT2D eigenvalue weighted by molar-refractivity contribution is 5.96. The first-order valence-electron chi connectivity index (χ1n) is 7.51. The Bertz CT molecular complexity index is 544. The number of anilines is 1. The van der Waals surface area contributed by atoms with Crippen LogP contribution in [-0.4, -0.2) is 36.3 Å². The Morgan fingerprint density at radius 2 is 1.68 bits per heavy atom. The number of nitrogens with one attached hydrogen (secondary N) is 1. The Hall–Kier alpha value is -1.88. The molecule has 0 aliphatic carbocycles. The van der Waals surface area contributed by atoms with Crippen LogP contribution in [0.15, 0.2) is 12.1 Å². The minimum absolute atomic E-state index is 0.0165. The number of nitrogens with zero attached hydrogens (tertiary/aromatic N) is 1. The van der Waals surface area contributed by atoms with Crippen LogP contribution in [0.2, 0.25) is 0 Å². The van der Waals surface area contributed by atoms with Gasteiger partial charge < -0.3 is 16.0 Å². The molecule has 0 heterocycles. The minimum Gasteiger partial charge on any atom is -0.336 e. The first-order valence-corrected chi connectivity index (χ1v) is 7.51. The van der Waals surface area contributed by atoms with Crippen molar-refractivity contribution in [3.63, 3.8) is 0 Å². The Morgan fingerprint density at radius 3 is 2.14 bits per heavy atom. The summed E-state index contributed by atoms with van der Waals surface area (Å²) in [4.78, 5) is 25.7. The molecule has 1 aromatic carbocycles. The van der Waals surface area contributed by atoms with E-state index in [2.05, 4.69) is 5.32 Å². The molecule has 5 nitrogen and oxygen atoms in total. The van der Waals surface area contributed by atoms with Crippen LogP contribution >= 0.6 is 0 Å². The summed E-state index contributed by atoms with van der Waals surface area (Å²) in [5.41, 5.74) is 9.74. The monoisotopic (exact) mass is 305 g/mol. The molecule has 0 saturated carbocycles. The molecular formula is C17H27N3O2. The number of nitrogens with two attached hydrogens (primary N) is 1. The molecule has 0 radical (unpaired) electrons. The van der Waals surface area contributed by atoms with Gasteiger partial charge in [0.15, 0.2) is 0 Å². The molecular weight excluding hydrogens is 278 g/mol. The van der Waals surface area contributed by atoms with Crippen molar-refractivity contribution in [1.82, 2.24) is 4.90 Å². The lowest BCUT2D eigenvalue weighted by Crippen LogP contribution is -2.42. The van der Waals surface area contributed by atoms with Crippen molar-refractivity contribution in [3.8, 4) is 0 Å². The molecule has 1 rings (SSSR count). The van der Waals surface area contributed by atoms with E-state index in [1.165, 1.54) is 4.90 Å². The third-order valence-corrected chi connectivity index (χ3v) is 3.88. The SMILES string of the molecule is Cc1cc(C)c(NC(=O)CN(C)C(=O)C(C)C(C)N)c(C)c1. The smallest absolute Gasteiger partial charge is 0.243 e. The van der Waals surface area contributed by atoms with Gasteiger partial charge in [0.05, 0.1) is 12.5 Å². The molecule has 0 fully saturated rings. The van der Waals surface area contributed by atoms with Crippen LogP contribution in [0.5, 0.6) is 0 Å². The summed E-state index contributed by atoms with van der Waals surface area (Å²) in [6, 6.07) is 3.81. The number of carbonyl (C=O) groups excluding carboxylic acids is 2. The van der Waals surface area contributed by atoms with Gasteiger partial charge in [-0.25, -0.2) is 0 Å². The van der Waals surface area contributed by atoms with Crippen molar-refractivity contribution >= 4 is 17.5 Å². The van der Waals surface area contributed by atoms with Gasteiger partial charge in [0, 0.05) is 18.8 Å². The quantitative estimate of drug-likeness (QED) is 0.873. The summed E-state index contributed by atoms with van der Waals surface area (Å²) in [5, 5.41) is 2.90. The van der Waals surface area contributed by atoms with E-state index in [0.717, 1.165) is 22.4 Å². The summed E-state index contributed by atoms with van der Waals surface area (Å²) in [6.07, 6.45) is 0. The predicted molar refractivity (Wildman–Crippen MR) is 89.7 cm³/mol. The highest BCUT2D eigenvalue weighted by Gasteiger charge is 2.22. The maximum Gasteiger partial charge on any atom is 0.243 e. The Kier molecular flexibility index (Phi) is 6.11. The zero-order valence-corrected chi connectivity index (χ0v) is 14.4. The Morgan fingerprint density at radius 1 is 1.18 bits per heavy atom. The maximum absolute atomic E-state index is 12.2. The van der Waals surface area contributed by atoms with Crippen LogP contribution in [0.3, 0.4) is 0 Å². The van der Waals surface area contributed by atoms with E-state index in [4.69, 9.17) is 5.73 Å². The van der Waals surface area contributed by atoms with E-state index in [9.17, 15) is 9.59 Å². The molecule has 0 aliphatic rings. The zero-order chi connectivity index (χ0) is 17.0. The van der Waals surface area contributed by atoms with Gasteiger partial charge in [-0.3, -0.25) is 9.59 Å². The number of aryl methyl sites for hydroxylation is 3. The van der Waals surface area contributed by atoms with E-state index in [-0.39, 0.29) is 30.3 Å². The molecule has 2 amide bonds. The average molecular weight is 305 g/mol. The van der Waals surface area contributed by atoms with Gasteiger partial charge in [-0.2, -0.15) is 0 Å². The van der Waals surface area contributed by atoms with E-state index in [1.807, 2.05) is 32.9 Å². The van der Waals surface area contributed by atoms with Crippen molar-refractivity contribution < 1.29 is 9.59 Å². The van der Waals surface area contributed by atoms with Gasteiger partial charge in [-0.05, 0) is 38.8 Å². The third kappa shape index (κ3) is 4.56. The standard InChI is InChI=1S/C17H27N3O2/c1-10-7-11(2)16(12(3)8-10)19-15(21)9-20(6)17(22)13(4)14(5)18/h7-8,13-14H,9,18H2,1-6H3,(H,19,21). The second-order valence-corrected chi connectivity index (χ2v) is 6.16. The van der Waals surface area contributed by atoms with Crippen LogP contribution in [0, 0.1) is 26.7 Å². The van der Waals surface area contributed by atoms with E-state index in [0.29, 0.717) is 0 Å². The molecule has 3 N–H and O–H groups in total. The average Bonchev–Trinajstić information content (AvgIpc) is 2.40. The first-order chi connectivity index (χ1) is 10.1. The van der Waals surface area contributed by atoms with Gasteiger partial charge in [-0.15, -0.1) is 0 Å². The first kappa shape index (κ1) is 18.2. The van der Waals surface area contributed by atoms with E-state index < -0.39 is 0 Å². The zero-order valence-electron chi connectivity index (χ0n) is 14.4. The molecule has 22 heavy (non-hydrogen) atoms. The second-order valence-electron chi connectivity index (χ2n) is 6.16. The molecule has 0 saturated heterocycles. The molecule has 1 aromatic rings. The summed E-state index contributed by atoms with van der Waals surface area (Å²) < 4.78 is 0. The molecule has 0 aromatic heterocycles. The van der Waals surface area contributed by atoms with Crippen LogP contribution in [-0.2, 0) is 9.59 Å². The lowest BCUT2D eigenvalue weighted by atomic mass is 10.0. The fraction of sp³-hybridized carbons (Fsp3) is 0.529. The molecule has 0 spiro atoms. The van der Waals surface area contributed by atoms with Crippen molar-refractivity contribution in [1.29, 1.82) is 0 Å². The molecule has 0 bridgehead atoms. The van der Waals surface area contributed by atoms with Gasteiger partial charge in [-0.1, -0.05) is 24.6 Å². The fourth-order valence-corrected chi connectivity index (χ4v) is 2.42.